The zero-order valence-corrected chi connectivity index (χ0v) is 23.9. The van der Waals surface area contributed by atoms with Crippen LogP contribution in [0.2, 0.25) is 0 Å². The van der Waals surface area contributed by atoms with E-state index in [0.29, 0.717) is 36.2 Å². The van der Waals surface area contributed by atoms with E-state index < -0.39 is 0 Å². The Morgan fingerprint density at radius 1 is 0.902 bits per heavy atom. The summed E-state index contributed by atoms with van der Waals surface area (Å²) in [6, 6.07) is 29.7. The Balaban J connectivity index is 1.64. The van der Waals surface area contributed by atoms with Crippen LogP contribution in [-0.2, 0) is 0 Å². The fourth-order valence-electron chi connectivity index (χ4n) is 5.14. The highest BCUT2D eigenvalue weighted by Crippen LogP contribution is 2.32. The third-order valence-corrected chi connectivity index (χ3v) is 7.16. The third kappa shape index (κ3) is 8.05. The molecule has 4 rings (SSSR count). The molecule has 2 aromatic heterocycles. The van der Waals surface area contributed by atoms with Crippen molar-refractivity contribution in [1.29, 1.82) is 0 Å². The number of nitrogens with zero attached hydrogens (tertiary/aromatic N) is 3. The molecule has 6 nitrogen and oxygen atoms in total. The Bertz CT molecular complexity index is 1390. The summed E-state index contributed by atoms with van der Waals surface area (Å²) < 4.78 is 0. The lowest BCUT2D eigenvalue weighted by atomic mass is 9.93. The monoisotopic (exact) mass is 546 g/mol. The van der Waals surface area contributed by atoms with E-state index in [4.69, 9.17) is 0 Å². The summed E-state index contributed by atoms with van der Waals surface area (Å²) in [5, 5.41) is 3.14. The molecule has 2 aromatic carbocycles. The van der Waals surface area contributed by atoms with Crippen molar-refractivity contribution >= 4 is 11.7 Å². The van der Waals surface area contributed by atoms with Gasteiger partial charge in [-0.05, 0) is 73.7 Å². The summed E-state index contributed by atoms with van der Waals surface area (Å²) in [6.45, 7) is 9.37. The number of nitrogens with one attached hydrogen (secondary N) is 1. The van der Waals surface area contributed by atoms with Gasteiger partial charge in [-0.3, -0.25) is 19.5 Å². The van der Waals surface area contributed by atoms with Crippen LogP contribution in [0.5, 0.6) is 0 Å². The minimum Gasteiger partial charge on any atom is -0.349 e. The fourth-order valence-corrected chi connectivity index (χ4v) is 5.14. The number of rotatable bonds is 14. The van der Waals surface area contributed by atoms with E-state index >= 15 is 0 Å². The van der Waals surface area contributed by atoms with Crippen molar-refractivity contribution in [2.75, 3.05) is 13.1 Å². The summed E-state index contributed by atoms with van der Waals surface area (Å²) in [5.74, 6) is -0.314. The normalized spacial score (nSPS) is 11.8. The Hall–Kier alpha value is -4.42. The lowest BCUT2D eigenvalue weighted by Crippen LogP contribution is -2.46. The van der Waals surface area contributed by atoms with Crippen molar-refractivity contribution in [2.24, 2.45) is 0 Å². The lowest BCUT2D eigenvalue weighted by molar-refractivity contribution is 0.0905. The van der Waals surface area contributed by atoms with Crippen molar-refractivity contribution in [1.82, 2.24) is 20.2 Å². The van der Waals surface area contributed by atoms with Gasteiger partial charge in [0.15, 0.2) is 5.78 Å². The molecule has 1 amide bonds. The summed E-state index contributed by atoms with van der Waals surface area (Å²) >= 11 is 0. The van der Waals surface area contributed by atoms with E-state index in [2.05, 4.69) is 82.2 Å². The molecule has 0 aliphatic heterocycles. The van der Waals surface area contributed by atoms with Crippen LogP contribution in [0.25, 0.3) is 0 Å². The molecule has 1 N–H and O–H groups in total. The standard InChI is InChI=1S/C35H38N4O2/c1-4-23-39(33(28-14-7-5-8-15-28)29-16-9-6-10-17-29)31(25-37-35(41)32-19-11-13-27(3)38-32)21-20-26(2)34(40)30-18-12-22-36-24-30/h5-19,22,24,31,33H,2,4,20-21,23,25H2,1,3H3,(H,37,41). The molecule has 41 heavy (non-hydrogen) atoms. The number of benzene rings is 2. The van der Waals surface area contributed by atoms with Gasteiger partial charge < -0.3 is 5.32 Å². The highest BCUT2D eigenvalue weighted by molar-refractivity contribution is 6.08. The zero-order valence-electron chi connectivity index (χ0n) is 23.9. The maximum absolute atomic E-state index is 13.2. The van der Waals surface area contributed by atoms with E-state index in [1.165, 1.54) is 11.1 Å². The number of allylic oxidation sites excluding steroid dienone is 1. The topological polar surface area (TPSA) is 75.2 Å². The van der Waals surface area contributed by atoms with Gasteiger partial charge in [0.1, 0.15) is 5.69 Å². The number of Topliss-reactive ketones (excluding diaryl/α,β-unsaturated/α-hetero) is 1. The quantitative estimate of drug-likeness (QED) is 0.142. The van der Waals surface area contributed by atoms with Crippen LogP contribution >= 0.6 is 0 Å². The molecule has 0 saturated heterocycles. The predicted molar refractivity (Wildman–Crippen MR) is 164 cm³/mol. The van der Waals surface area contributed by atoms with Crippen LogP contribution in [0, 0.1) is 6.92 Å². The summed E-state index contributed by atoms with van der Waals surface area (Å²) in [5.41, 5.74) is 4.60. The van der Waals surface area contributed by atoms with Gasteiger partial charge >= 0.3 is 0 Å². The number of hydrogen-bond donors (Lipinski definition) is 1. The number of hydrogen-bond acceptors (Lipinski definition) is 5. The molecule has 0 bridgehead atoms. The molecule has 0 fully saturated rings. The van der Waals surface area contributed by atoms with Crippen molar-refractivity contribution in [3.05, 3.63) is 144 Å². The molecule has 0 aliphatic rings. The maximum Gasteiger partial charge on any atom is 0.269 e. The van der Waals surface area contributed by atoms with Crippen molar-refractivity contribution in [3.8, 4) is 0 Å². The van der Waals surface area contributed by atoms with Crippen LogP contribution in [0.4, 0.5) is 0 Å². The molecule has 6 heteroatoms. The van der Waals surface area contributed by atoms with Crippen molar-refractivity contribution < 1.29 is 9.59 Å². The Kier molecular flexibility index (Phi) is 10.7. The molecule has 1 atom stereocenters. The average molecular weight is 547 g/mol. The van der Waals surface area contributed by atoms with E-state index in [1.807, 2.05) is 31.2 Å². The number of amides is 1. The SMILES string of the molecule is C=C(CCC(CNC(=O)c1cccc(C)n1)N(CCC)C(c1ccccc1)c1ccccc1)C(=O)c1cccnc1. The van der Waals surface area contributed by atoms with Gasteiger partial charge in [-0.15, -0.1) is 0 Å². The second kappa shape index (κ2) is 14.8. The Morgan fingerprint density at radius 3 is 2.17 bits per heavy atom. The highest BCUT2D eigenvalue weighted by atomic mass is 16.2. The molecule has 0 aliphatic carbocycles. The van der Waals surface area contributed by atoms with E-state index in [0.717, 1.165) is 18.7 Å². The number of carbonyl (C=O) groups excluding carboxylic acids is 2. The molecular formula is C35H38N4O2. The van der Waals surface area contributed by atoms with Crippen LogP contribution in [0.3, 0.4) is 0 Å². The molecule has 0 spiro atoms. The van der Waals surface area contributed by atoms with Crippen LogP contribution in [0.1, 0.15) is 69.9 Å². The molecule has 0 radical (unpaired) electrons. The van der Waals surface area contributed by atoms with Crippen LogP contribution < -0.4 is 5.32 Å². The zero-order chi connectivity index (χ0) is 29.0. The van der Waals surface area contributed by atoms with Crippen molar-refractivity contribution in [3.63, 3.8) is 0 Å². The van der Waals surface area contributed by atoms with E-state index in [1.54, 1.807) is 30.6 Å². The average Bonchev–Trinajstić information content (AvgIpc) is 3.02. The van der Waals surface area contributed by atoms with Gasteiger partial charge in [-0.2, -0.15) is 0 Å². The first-order chi connectivity index (χ1) is 20.0. The van der Waals surface area contributed by atoms with E-state index in [9.17, 15) is 9.59 Å². The first kappa shape index (κ1) is 29.6. The number of aryl methyl sites for hydroxylation is 1. The number of aromatic nitrogens is 2. The Labute approximate surface area is 243 Å². The smallest absolute Gasteiger partial charge is 0.269 e. The van der Waals surface area contributed by atoms with Gasteiger partial charge in [-0.1, -0.05) is 80.2 Å². The lowest BCUT2D eigenvalue weighted by Gasteiger charge is -2.39. The highest BCUT2D eigenvalue weighted by Gasteiger charge is 2.29. The molecular weight excluding hydrogens is 508 g/mol. The largest absolute Gasteiger partial charge is 0.349 e. The molecule has 4 aromatic rings. The van der Waals surface area contributed by atoms with Gasteiger partial charge in [-0.25, -0.2) is 4.98 Å². The van der Waals surface area contributed by atoms with Gasteiger partial charge in [0.25, 0.3) is 5.91 Å². The second-order valence-electron chi connectivity index (χ2n) is 10.2. The van der Waals surface area contributed by atoms with Gasteiger partial charge in [0, 0.05) is 36.2 Å². The number of carbonyl (C=O) groups is 2. The summed E-state index contributed by atoms with van der Waals surface area (Å²) in [7, 11) is 0. The third-order valence-electron chi connectivity index (χ3n) is 7.16. The van der Waals surface area contributed by atoms with Crippen LogP contribution in [0.15, 0.2) is 116 Å². The Morgan fingerprint density at radius 2 is 1.59 bits per heavy atom. The maximum atomic E-state index is 13.2. The first-order valence-electron chi connectivity index (χ1n) is 14.2. The summed E-state index contributed by atoms with van der Waals surface area (Å²) in [4.78, 5) is 37.2. The van der Waals surface area contributed by atoms with Crippen molar-refractivity contribution in [2.45, 2.75) is 45.2 Å². The molecule has 210 valence electrons. The number of pyridine rings is 2. The second-order valence-corrected chi connectivity index (χ2v) is 10.2. The minimum absolute atomic E-state index is 0.0290. The van der Waals surface area contributed by atoms with Gasteiger partial charge in [0.2, 0.25) is 0 Å². The predicted octanol–water partition coefficient (Wildman–Crippen LogP) is 6.60. The minimum atomic E-state index is -0.212. The summed E-state index contributed by atoms with van der Waals surface area (Å²) in [6.07, 6.45) is 5.28. The molecule has 1 unspecified atom stereocenters. The molecule has 2 heterocycles. The molecule has 0 saturated carbocycles. The van der Waals surface area contributed by atoms with E-state index in [-0.39, 0.29) is 23.8 Å². The first-order valence-corrected chi connectivity index (χ1v) is 14.2. The fraction of sp³-hybridized carbons (Fsp3) is 0.257. The van der Waals surface area contributed by atoms with Gasteiger partial charge in [0.05, 0.1) is 6.04 Å². The number of ketones is 1. The van der Waals surface area contributed by atoms with Crippen LogP contribution in [-0.4, -0.2) is 45.7 Å².